The summed E-state index contributed by atoms with van der Waals surface area (Å²) in [6.07, 6.45) is 2.25. The van der Waals surface area contributed by atoms with Gasteiger partial charge in [0.1, 0.15) is 6.17 Å². The van der Waals surface area contributed by atoms with E-state index < -0.39 is 6.17 Å². The molecule has 0 aromatic heterocycles. The highest BCUT2D eigenvalue weighted by molar-refractivity contribution is 4.72. The summed E-state index contributed by atoms with van der Waals surface area (Å²) in [4.78, 5) is 0. The van der Waals surface area contributed by atoms with Gasteiger partial charge in [0.15, 0.2) is 0 Å². The van der Waals surface area contributed by atoms with E-state index in [1.807, 2.05) is 20.8 Å². The molecule has 0 saturated heterocycles. The molecule has 0 aromatic carbocycles. The third-order valence-corrected chi connectivity index (χ3v) is 2.18. The van der Waals surface area contributed by atoms with Gasteiger partial charge in [0.25, 0.3) is 0 Å². The van der Waals surface area contributed by atoms with E-state index in [2.05, 4.69) is 13.8 Å². The molecule has 0 aliphatic rings. The summed E-state index contributed by atoms with van der Waals surface area (Å²) < 4.78 is 13.4. The molecule has 0 radical (unpaired) electrons. The first-order valence-corrected chi connectivity index (χ1v) is 4.98. The van der Waals surface area contributed by atoms with Crippen LogP contribution in [0.15, 0.2) is 0 Å². The maximum absolute atomic E-state index is 13.4. The molecule has 0 rings (SSSR count). The number of hydrogen-bond donors (Lipinski definition) is 0. The Balaban J connectivity index is 3.51. The maximum atomic E-state index is 13.4. The average Bonchev–Trinajstić information content (AvgIpc) is 1.84. The second-order valence-corrected chi connectivity index (χ2v) is 5.16. The van der Waals surface area contributed by atoms with E-state index in [1.54, 1.807) is 0 Å². The first-order valence-electron chi connectivity index (χ1n) is 4.98. The molecule has 74 valence electrons. The van der Waals surface area contributed by atoms with Crippen LogP contribution in [0.3, 0.4) is 0 Å². The van der Waals surface area contributed by atoms with Crippen LogP contribution in [0.2, 0.25) is 0 Å². The van der Waals surface area contributed by atoms with Crippen LogP contribution in [-0.2, 0) is 0 Å². The van der Waals surface area contributed by atoms with Crippen molar-refractivity contribution in [3.63, 3.8) is 0 Å². The van der Waals surface area contributed by atoms with Crippen LogP contribution in [0.1, 0.15) is 53.9 Å². The highest BCUT2D eigenvalue weighted by atomic mass is 19.1. The monoisotopic (exact) mass is 174 g/mol. The SMILES string of the molecule is CC(C)CCCC(F)C(C)(C)C. The predicted octanol–water partition coefficient (Wildman–Crippen LogP) is 4.20. The molecule has 1 unspecified atom stereocenters. The molecule has 0 saturated carbocycles. The Kier molecular flexibility index (Phi) is 4.81. The number of halogens is 1. The van der Waals surface area contributed by atoms with Crippen molar-refractivity contribution in [2.24, 2.45) is 11.3 Å². The van der Waals surface area contributed by atoms with Crippen LogP contribution < -0.4 is 0 Å². The minimum atomic E-state index is -0.642. The molecule has 0 aliphatic carbocycles. The van der Waals surface area contributed by atoms with Crippen molar-refractivity contribution in [1.29, 1.82) is 0 Å². The van der Waals surface area contributed by atoms with Crippen LogP contribution >= 0.6 is 0 Å². The Labute approximate surface area is 76.6 Å². The highest BCUT2D eigenvalue weighted by Gasteiger charge is 2.23. The molecule has 0 spiro atoms. The van der Waals surface area contributed by atoms with Crippen LogP contribution in [0.4, 0.5) is 4.39 Å². The van der Waals surface area contributed by atoms with Crippen LogP contribution in [0.25, 0.3) is 0 Å². The molecular weight excluding hydrogens is 151 g/mol. The van der Waals surface area contributed by atoms with Gasteiger partial charge in [0.05, 0.1) is 0 Å². The average molecular weight is 174 g/mol. The number of rotatable bonds is 4. The molecule has 1 atom stereocenters. The smallest absolute Gasteiger partial charge is 0.105 e. The van der Waals surface area contributed by atoms with Crippen molar-refractivity contribution in [2.75, 3.05) is 0 Å². The molecule has 0 aliphatic heterocycles. The Morgan fingerprint density at radius 2 is 1.58 bits per heavy atom. The molecule has 0 N–H and O–H groups in total. The van der Waals surface area contributed by atoms with E-state index in [-0.39, 0.29) is 5.41 Å². The Bertz CT molecular complexity index is 111. The normalized spacial score (nSPS) is 15.2. The Morgan fingerprint density at radius 1 is 1.08 bits per heavy atom. The molecule has 0 nitrogen and oxygen atoms in total. The van der Waals surface area contributed by atoms with Gasteiger partial charge in [-0.15, -0.1) is 0 Å². The van der Waals surface area contributed by atoms with E-state index in [4.69, 9.17) is 0 Å². The van der Waals surface area contributed by atoms with Gasteiger partial charge in [-0.2, -0.15) is 0 Å². The van der Waals surface area contributed by atoms with Crippen LogP contribution in [0, 0.1) is 11.3 Å². The van der Waals surface area contributed by atoms with Gasteiger partial charge in [-0.25, -0.2) is 4.39 Å². The van der Waals surface area contributed by atoms with Crippen molar-refractivity contribution in [3.05, 3.63) is 0 Å². The molecule has 0 fully saturated rings. The van der Waals surface area contributed by atoms with Crippen molar-refractivity contribution in [3.8, 4) is 0 Å². The van der Waals surface area contributed by atoms with Gasteiger partial charge in [-0.05, 0) is 17.8 Å². The fourth-order valence-electron chi connectivity index (χ4n) is 1.14. The minimum Gasteiger partial charge on any atom is -0.247 e. The summed E-state index contributed by atoms with van der Waals surface area (Å²) in [5.74, 6) is 0.706. The highest BCUT2D eigenvalue weighted by Crippen LogP contribution is 2.26. The van der Waals surface area contributed by atoms with E-state index in [9.17, 15) is 4.39 Å². The second kappa shape index (κ2) is 4.84. The van der Waals surface area contributed by atoms with E-state index >= 15 is 0 Å². The molecular formula is C11H23F. The van der Waals surface area contributed by atoms with Crippen molar-refractivity contribution < 1.29 is 4.39 Å². The molecule has 0 amide bonds. The number of alkyl halides is 1. The standard InChI is InChI=1S/C11H23F/c1-9(2)7-6-8-10(12)11(3,4)5/h9-10H,6-8H2,1-5H3. The third-order valence-electron chi connectivity index (χ3n) is 2.18. The zero-order valence-electron chi connectivity index (χ0n) is 9.15. The summed E-state index contributed by atoms with van der Waals surface area (Å²) in [6, 6.07) is 0. The van der Waals surface area contributed by atoms with Crippen LogP contribution in [-0.4, -0.2) is 6.17 Å². The predicted molar refractivity (Wildman–Crippen MR) is 53.0 cm³/mol. The fraction of sp³-hybridized carbons (Fsp3) is 1.00. The Hall–Kier alpha value is -0.0700. The zero-order valence-corrected chi connectivity index (χ0v) is 9.15. The summed E-state index contributed by atoms with van der Waals surface area (Å²) in [5.41, 5.74) is -0.170. The van der Waals surface area contributed by atoms with Gasteiger partial charge in [-0.1, -0.05) is 47.5 Å². The first-order chi connectivity index (χ1) is 5.34. The molecule has 0 bridgehead atoms. The lowest BCUT2D eigenvalue weighted by Crippen LogP contribution is -2.21. The van der Waals surface area contributed by atoms with Gasteiger partial charge >= 0.3 is 0 Å². The summed E-state index contributed by atoms with van der Waals surface area (Å²) >= 11 is 0. The quantitative estimate of drug-likeness (QED) is 0.599. The fourth-order valence-corrected chi connectivity index (χ4v) is 1.14. The third kappa shape index (κ3) is 5.56. The van der Waals surface area contributed by atoms with Gasteiger partial charge in [-0.3, -0.25) is 0 Å². The van der Waals surface area contributed by atoms with Crippen LogP contribution in [0.5, 0.6) is 0 Å². The van der Waals surface area contributed by atoms with Gasteiger partial charge in [0, 0.05) is 0 Å². The molecule has 12 heavy (non-hydrogen) atoms. The second-order valence-electron chi connectivity index (χ2n) is 5.16. The summed E-state index contributed by atoms with van der Waals surface area (Å²) in [6.45, 7) is 10.3. The lowest BCUT2D eigenvalue weighted by molar-refractivity contribution is 0.147. The molecule has 0 heterocycles. The summed E-state index contributed by atoms with van der Waals surface area (Å²) in [5, 5.41) is 0. The van der Waals surface area contributed by atoms with Crippen molar-refractivity contribution >= 4 is 0 Å². The molecule has 0 aromatic rings. The molecule has 1 heteroatoms. The van der Waals surface area contributed by atoms with Gasteiger partial charge in [0.2, 0.25) is 0 Å². The lowest BCUT2D eigenvalue weighted by atomic mass is 9.87. The minimum absolute atomic E-state index is 0.170. The van der Waals surface area contributed by atoms with E-state index in [0.717, 1.165) is 19.3 Å². The first kappa shape index (κ1) is 11.9. The summed E-state index contributed by atoms with van der Waals surface area (Å²) in [7, 11) is 0. The lowest BCUT2D eigenvalue weighted by Gasteiger charge is -2.23. The number of hydrogen-bond acceptors (Lipinski definition) is 0. The Morgan fingerprint density at radius 3 is 1.92 bits per heavy atom. The van der Waals surface area contributed by atoms with E-state index in [0.29, 0.717) is 5.92 Å². The maximum Gasteiger partial charge on any atom is 0.105 e. The van der Waals surface area contributed by atoms with Crippen molar-refractivity contribution in [2.45, 2.75) is 60.1 Å². The van der Waals surface area contributed by atoms with E-state index in [1.165, 1.54) is 0 Å². The van der Waals surface area contributed by atoms with Crippen molar-refractivity contribution in [1.82, 2.24) is 0 Å². The zero-order chi connectivity index (χ0) is 9.78. The largest absolute Gasteiger partial charge is 0.247 e. The topological polar surface area (TPSA) is 0 Å². The van der Waals surface area contributed by atoms with Gasteiger partial charge < -0.3 is 0 Å².